The predicted molar refractivity (Wildman–Crippen MR) is 68.6 cm³/mol. The second-order valence-corrected chi connectivity index (χ2v) is 5.57. The zero-order chi connectivity index (χ0) is 13.9. The van der Waals surface area contributed by atoms with Crippen molar-refractivity contribution in [3.05, 3.63) is 35.4 Å². The molecular weight excluding hydrogens is 250 g/mol. The highest BCUT2D eigenvalue weighted by Gasteiger charge is 2.40. The maximum absolute atomic E-state index is 13.7. The Bertz CT molecular complexity index is 424. The summed E-state index contributed by atoms with van der Waals surface area (Å²) in [6, 6.07) is 3.33. The monoisotopic (exact) mass is 270 g/mol. The molecule has 0 atom stereocenters. The van der Waals surface area contributed by atoms with Crippen LogP contribution in [-0.2, 0) is 6.42 Å². The summed E-state index contributed by atoms with van der Waals surface area (Å²) >= 11 is 0. The molecule has 0 aromatic heterocycles. The number of hydrogen-bond donors (Lipinski definition) is 2. The van der Waals surface area contributed by atoms with E-state index in [4.69, 9.17) is 0 Å². The highest BCUT2D eigenvalue weighted by Crippen LogP contribution is 2.42. The Balaban J connectivity index is 2.27. The standard InChI is InChI=1S/C15H20F2O2/c16-13-5-6-14(17)11(7-13)8-15(9-18,10-19)12-3-1-2-4-12/h5-7,12,18-19H,1-4,8-10H2. The quantitative estimate of drug-likeness (QED) is 0.863. The van der Waals surface area contributed by atoms with E-state index in [1.54, 1.807) is 0 Å². The van der Waals surface area contributed by atoms with Crippen LogP contribution in [0.2, 0.25) is 0 Å². The third-order valence-electron chi connectivity index (χ3n) is 4.40. The van der Waals surface area contributed by atoms with Crippen LogP contribution >= 0.6 is 0 Å². The van der Waals surface area contributed by atoms with E-state index in [1.165, 1.54) is 0 Å². The van der Waals surface area contributed by atoms with Crippen LogP contribution in [0.4, 0.5) is 8.78 Å². The first kappa shape index (κ1) is 14.4. The van der Waals surface area contributed by atoms with E-state index in [2.05, 4.69) is 0 Å². The number of benzene rings is 1. The van der Waals surface area contributed by atoms with E-state index < -0.39 is 17.0 Å². The van der Waals surface area contributed by atoms with Crippen LogP contribution in [0, 0.1) is 23.0 Å². The lowest BCUT2D eigenvalue weighted by Crippen LogP contribution is -2.39. The van der Waals surface area contributed by atoms with Gasteiger partial charge in [-0.2, -0.15) is 0 Å². The minimum absolute atomic E-state index is 0.171. The fourth-order valence-corrected chi connectivity index (χ4v) is 3.16. The molecule has 2 nitrogen and oxygen atoms in total. The van der Waals surface area contributed by atoms with E-state index in [1.807, 2.05) is 0 Å². The Morgan fingerprint density at radius 3 is 2.32 bits per heavy atom. The average molecular weight is 270 g/mol. The number of halogens is 2. The summed E-state index contributed by atoms with van der Waals surface area (Å²) in [5.41, 5.74) is -0.513. The molecule has 2 rings (SSSR count). The van der Waals surface area contributed by atoms with Crippen molar-refractivity contribution in [3.63, 3.8) is 0 Å². The number of aliphatic hydroxyl groups is 2. The topological polar surface area (TPSA) is 40.5 Å². The highest BCUT2D eigenvalue weighted by atomic mass is 19.1. The van der Waals surface area contributed by atoms with Gasteiger partial charge in [-0.05, 0) is 48.9 Å². The van der Waals surface area contributed by atoms with Crippen molar-refractivity contribution < 1.29 is 19.0 Å². The predicted octanol–water partition coefficient (Wildman–Crippen LogP) is 2.67. The van der Waals surface area contributed by atoms with Gasteiger partial charge in [-0.3, -0.25) is 0 Å². The maximum Gasteiger partial charge on any atom is 0.126 e. The lowest BCUT2D eigenvalue weighted by atomic mass is 9.71. The van der Waals surface area contributed by atoms with Gasteiger partial charge in [-0.25, -0.2) is 8.78 Å². The Kier molecular flexibility index (Phi) is 4.53. The molecule has 0 spiro atoms. The SMILES string of the molecule is OCC(CO)(Cc1cc(F)ccc1F)C1CCCC1. The van der Waals surface area contributed by atoms with Gasteiger partial charge in [0.2, 0.25) is 0 Å². The number of hydrogen-bond acceptors (Lipinski definition) is 2. The molecule has 0 radical (unpaired) electrons. The normalized spacial score (nSPS) is 17.1. The Morgan fingerprint density at radius 2 is 1.74 bits per heavy atom. The third-order valence-corrected chi connectivity index (χ3v) is 4.40. The lowest BCUT2D eigenvalue weighted by Gasteiger charge is -2.36. The van der Waals surface area contributed by atoms with Crippen LogP contribution in [-0.4, -0.2) is 23.4 Å². The molecule has 1 aromatic rings. The minimum Gasteiger partial charge on any atom is -0.396 e. The van der Waals surface area contributed by atoms with Gasteiger partial charge >= 0.3 is 0 Å². The van der Waals surface area contributed by atoms with Gasteiger partial charge in [0.1, 0.15) is 11.6 Å². The summed E-state index contributed by atoms with van der Waals surface area (Å²) in [6.45, 7) is -0.408. The fraction of sp³-hybridized carbons (Fsp3) is 0.600. The Labute approximate surface area is 112 Å². The molecule has 1 aliphatic rings. The van der Waals surface area contributed by atoms with Gasteiger partial charge in [0, 0.05) is 5.41 Å². The number of rotatable bonds is 5. The first-order valence-electron chi connectivity index (χ1n) is 6.77. The summed E-state index contributed by atoms with van der Waals surface area (Å²) in [7, 11) is 0. The van der Waals surface area contributed by atoms with Crippen molar-refractivity contribution in [2.75, 3.05) is 13.2 Å². The fourth-order valence-electron chi connectivity index (χ4n) is 3.16. The van der Waals surface area contributed by atoms with E-state index >= 15 is 0 Å². The van der Waals surface area contributed by atoms with Crippen LogP contribution < -0.4 is 0 Å². The van der Waals surface area contributed by atoms with Gasteiger partial charge in [0.15, 0.2) is 0 Å². The first-order chi connectivity index (χ1) is 9.11. The largest absolute Gasteiger partial charge is 0.396 e. The van der Waals surface area contributed by atoms with Crippen molar-refractivity contribution >= 4 is 0 Å². The van der Waals surface area contributed by atoms with Crippen molar-refractivity contribution in [2.24, 2.45) is 11.3 Å². The average Bonchev–Trinajstić information content (AvgIpc) is 2.94. The zero-order valence-corrected chi connectivity index (χ0v) is 10.9. The molecule has 106 valence electrons. The maximum atomic E-state index is 13.7. The van der Waals surface area contributed by atoms with Gasteiger partial charge in [0.05, 0.1) is 13.2 Å². The molecule has 19 heavy (non-hydrogen) atoms. The molecule has 1 aliphatic carbocycles. The zero-order valence-electron chi connectivity index (χ0n) is 10.9. The molecule has 2 N–H and O–H groups in total. The van der Waals surface area contributed by atoms with Gasteiger partial charge in [0.25, 0.3) is 0 Å². The van der Waals surface area contributed by atoms with Crippen molar-refractivity contribution in [1.82, 2.24) is 0 Å². The van der Waals surface area contributed by atoms with E-state index in [-0.39, 0.29) is 31.1 Å². The smallest absolute Gasteiger partial charge is 0.126 e. The summed E-state index contributed by atoms with van der Waals surface area (Å²) in [6.07, 6.45) is 4.17. The molecule has 1 saturated carbocycles. The summed E-state index contributed by atoms with van der Waals surface area (Å²) in [5.74, 6) is -0.802. The summed E-state index contributed by atoms with van der Waals surface area (Å²) < 4.78 is 26.9. The van der Waals surface area contributed by atoms with Crippen LogP contribution in [0.15, 0.2) is 18.2 Å². The molecule has 0 heterocycles. The molecule has 0 unspecified atom stereocenters. The second-order valence-electron chi connectivity index (χ2n) is 5.57. The molecule has 4 heteroatoms. The van der Waals surface area contributed by atoms with E-state index in [0.29, 0.717) is 0 Å². The van der Waals surface area contributed by atoms with Crippen LogP contribution in [0.3, 0.4) is 0 Å². The lowest BCUT2D eigenvalue weighted by molar-refractivity contribution is 0.00507. The minimum atomic E-state index is -0.745. The molecule has 0 saturated heterocycles. The Hall–Kier alpha value is -1.00. The Morgan fingerprint density at radius 1 is 1.11 bits per heavy atom. The molecule has 1 fully saturated rings. The highest BCUT2D eigenvalue weighted by molar-refractivity contribution is 5.21. The van der Waals surface area contributed by atoms with Crippen molar-refractivity contribution in [3.8, 4) is 0 Å². The first-order valence-corrected chi connectivity index (χ1v) is 6.77. The third kappa shape index (κ3) is 2.95. The summed E-state index contributed by atoms with van der Waals surface area (Å²) in [4.78, 5) is 0. The van der Waals surface area contributed by atoms with Crippen LogP contribution in [0.25, 0.3) is 0 Å². The molecular formula is C15H20F2O2. The van der Waals surface area contributed by atoms with Crippen LogP contribution in [0.1, 0.15) is 31.2 Å². The summed E-state index contributed by atoms with van der Waals surface area (Å²) in [5, 5.41) is 19.4. The molecule has 1 aromatic carbocycles. The van der Waals surface area contributed by atoms with E-state index in [9.17, 15) is 19.0 Å². The van der Waals surface area contributed by atoms with Crippen molar-refractivity contribution in [1.29, 1.82) is 0 Å². The van der Waals surface area contributed by atoms with Gasteiger partial charge < -0.3 is 10.2 Å². The molecule has 0 amide bonds. The van der Waals surface area contributed by atoms with Gasteiger partial charge in [-0.15, -0.1) is 0 Å². The molecule has 0 aliphatic heterocycles. The van der Waals surface area contributed by atoms with E-state index in [0.717, 1.165) is 43.9 Å². The second kappa shape index (κ2) is 5.97. The van der Waals surface area contributed by atoms with Crippen LogP contribution in [0.5, 0.6) is 0 Å². The number of aliphatic hydroxyl groups excluding tert-OH is 2. The van der Waals surface area contributed by atoms with Gasteiger partial charge in [-0.1, -0.05) is 12.8 Å². The molecule has 0 bridgehead atoms. The van der Waals surface area contributed by atoms with Crippen molar-refractivity contribution in [2.45, 2.75) is 32.1 Å².